The van der Waals surface area contributed by atoms with Crippen LogP contribution in [-0.4, -0.2) is 80.7 Å². The first-order chi connectivity index (χ1) is 18.6. The molecule has 2 aliphatic heterocycles. The molecule has 2 atom stereocenters. The van der Waals surface area contributed by atoms with E-state index >= 15 is 0 Å². The molecule has 9 nitrogen and oxygen atoms in total. The van der Waals surface area contributed by atoms with E-state index in [1.807, 2.05) is 47.4 Å². The molecule has 0 aliphatic carbocycles. The summed E-state index contributed by atoms with van der Waals surface area (Å²) in [4.78, 5) is 32.9. The van der Waals surface area contributed by atoms with Crippen molar-refractivity contribution < 1.29 is 9.90 Å². The Morgan fingerprint density at radius 1 is 0.947 bits per heavy atom. The molecule has 0 spiro atoms. The highest BCUT2D eigenvalue weighted by atomic mass is 16.3. The zero-order chi connectivity index (χ0) is 26.1. The fourth-order valence-electron chi connectivity index (χ4n) is 5.77. The minimum Gasteiger partial charge on any atom is -0.393 e. The van der Waals surface area contributed by atoms with Gasteiger partial charge in [0, 0.05) is 85.8 Å². The molecule has 1 N–H and O–H groups in total. The summed E-state index contributed by atoms with van der Waals surface area (Å²) in [5.41, 5.74) is 4.05. The van der Waals surface area contributed by atoms with Gasteiger partial charge in [0.2, 0.25) is 5.95 Å². The first-order valence-electron chi connectivity index (χ1n) is 13.3. The standard InChI is InChI=1S/C29H33N7O2/c1-21-19-34(15-16-35(21)27(20-37)36-14-8-22-5-4-11-30-28(22)36)26-7-3-2-6-25(26)23-17-31-29(32-18-23)33-12-9-24(38)10-13-33/h2-8,11,14,17-18,20-21,24,27,38H,9-10,12-13,15-16,19H2,1H3. The van der Waals surface area contributed by atoms with Crippen LogP contribution in [0.1, 0.15) is 25.9 Å². The normalized spacial score (nSPS) is 20.1. The van der Waals surface area contributed by atoms with Gasteiger partial charge in [-0.25, -0.2) is 15.0 Å². The van der Waals surface area contributed by atoms with E-state index in [2.05, 4.69) is 54.8 Å². The summed E-state index contributed by atoms with van der Waals surface area (Å²) >= 11 is 0. The van der Waals surface area contributed by atoms with Crippen LogP contribution < -0.4 is 9.80 Å². The molecule has 2 aliphatic rings. The van der Waals surface area contributed by atoms with Gasteiger partial charge in [-0.2, -0.15) is 0 Å². The maximum Gasteiger partial charge on any atom is 0.225 e. The van der Waals surface area contributed by atoms with Crippen LogP contribution in [0.5, 0.6) is 0 Å². The molecule has 2 saturated heterocycles. The molecule has 5 heterocycles. The van der Waals surface area contributed by atoms with Crippen molar-refractivity contribution in [2.45, 2.75) is 38.1 Å². The lowest BCUT2D eigenvalue weighted by atomic mass is 10.0. The number of fused-ring (bicyclic) bond motifs is 1. The molecular weight excluding hydrogens is 478 g/mol. The summed E-state index contributed by atoms with van der Waals surface area (Å²) in [6.45, 7) is 6.07. The van der Waals surface area contributed by atoms with E-state index < -0.39 is 6.17 Å². The number of para-hydroxylation sites is 1. The Kier molecular flexibility index (Phi) is 6.78. The maximum absolute atomic E-state index is 12.3. The summed E-state index contributed by atoms with van der Waals surface area (Å²) in [6, 6.07) is 14.5. The Morgan fingerprint density at radius 2 is 1.74 bits per heavy atom. The highest BCUT2D eigenvalue weighted by Gasteiger charge is 2.32. The summed E-state index contributed by atoms with van der Waals surface area (Å²) in [7, 11) is 0. The van der Waals surface area contributed by atoms with Crippen LogP contribution in [0.4, 0.5) is 11.6 Å². The van der Waals surface area contributed by atoms with E-state index in [0.717, 1.165) is 79.7 Å². The summed E-state index contributed by atoms with van der Waals surface area (Å²) in [5, 5.41) is 10.8. The quantitative estimate of drug-likeness (QED) is 0.394. The third-order valence-corrected chi connectivity index (χ3v) is 7.84. The number of aliphatic hydroxyl groups excluding tert-OH is 1. The minimum atomic E-state index is -0.397. The molecule has 0 saturated carbocycles. The van der Waals surface area contributed by atoms with Crippen molar-refractivity contribution in [1.29, 1.82) is 0 Å². The average Bonchev–Trinajstić information content (AvgIpc) is 3.39. The van der Waals surface area contributed by atoms with Crippen molar-refractivity contribution >= 4 is 29.0 Å². The highest BCUT2D eigenvalue weighted by Crippen LogP contribution is 2.33. The average molecular weight is 512 g/mol. The van der Waals surface area contributed by atoms with Crippen LogP contribution in [0, 0.1) is 0 Å². The molecule has 0 radical (unpaired) electrons. The van der Waals surface area contributed by atoms with Crippen molar-refractivity contribution in [3.8, 4) is 11.1 Å². The molecule has 0 bridgehead atoms. The van der Waals surface area contributed by atoms with Gasteiger partial charge < -0.3 is 19.5 Å². The van der Waals surface area contributed by atoms with E-state index in [0.29, 0.717) is 5.95 Å². The smallest absolute Gasteiger partial charge is 0.225 e. The zero-order valence-corrected chi connectivity index (χ0v) is 21.6. The topological polar surface area (TPSA) is 90.6 Å². The third-order valence-electron chi connectivity index (χ3n) is 7.84. The van der Waals surface area contributed by atoms with E-state index in [4.69, 9.17) is 0 Å². The lowest BCUT2D eigenvalue weighted by molar-refractivity contribution is -0.116. The first kappa shape index (κ1) is 24.5. The molecule has 38 heavy (non-hydrogen) atoms. The Hall–Kier alpha value is -3.82. The third kappa shape index (κ3) is 4.63. The summed E-state index contributed by atoms with van der Waals surface area (Å²) in [6.07, 6.45) is 9.44. The number of rotatable bonds is 6. The van der Waals surface area contributed by atoms with Crippen LogP contribution in [-0.2, 0) is 4.79 Å². The van der Waals surface area contributed by atoms with Crippen molar-refractivity contribution in [2.24, 2.45) is 0 Å². The fraction of sp³-hybridized carbons (Fsp3) is 0.379. The second kappa shape index (κ2) is 10.5. The molecular formula is C29H33N7O2. The van der Waals surface area contributed by atoms with Crippen LogP contribution in [0.15, 0.2) is 67.3 Å². The van der Waals surface area contributed by atoms with E-state index in [1.54, 1.807) is 6.20 Å². The predicted octanol–water partition coefficient (Wildman–Crippen LogP) is 3.36. The first-order valence-corrected chi connectivity index (χ1v) is 13.3. The number of hydrogen-bond donors (Lipinski definition) is 1. The number of aromatic nitrogens is 4. The molecule has 4 aromatic rings. The second-order valence-corrected chi connectivity index (χ2v) is 10.2. The highest BCUT2D eigenvalue weighted by molar-refractivity contribution is 5.79. The van der Waals surface area contributed by atoms with Gasteiger partial charge in [0.05, 0.1) is 6.10 Å². The molecule has 2 fully saturated rings. The number of aliphatic hydroxyl groups is 1. The van der Waals surface area contributed by atoms with Crippen LogP contribution in [0.25, 0.3) is 22.2 Å². The molecule has 196 valence electrons. The zero-order valence-electron chi connectivity index (χ0n) is 21.6. The Bertz CT molecular complexity index is 1400. The summed E-state index contributed by atoms with van der Waals surface area (Å²) in [5.74, 6) is 0.715. The van der Waals surface area contributed by atoms with Crippen LogP contribution in [0.2, 0.25) is 0 Å². The Balaban J connectivity index is 1.20. The lowest BCUT2D eigenvalue weighted by Gasteiger charge is -2.44. The number of aldehydes is 1. The molecule has 6 rings (SSSR count). The van der Waals surface area contributed by atoms with Gasteiger partial charge in [0.1, 0.15) is 11.8 Å². The number of anilines is 2. The molecule has 0 amide bonds. The molecule has 3 aromatic heterocycles. The number of carbonyl (C=O) groups is 1. The number of pyridine rings is 1. The fourth-order valence-corrected chi connectivity index (χ4v) is 5.77. The van der Waals surface area contributed by atoms with Gasteiger partial charge in [-0.1, -0.05) is 18.2 Å². The van der Waals surface area contributed by atoms with Crippen molar-refractivity contribution in [3.05, 3.63) is 67.3 Å². The summed E-state index contributed by atoms with van der Waals surface area (Å²) < 4.78 is 1.98. The second-order valence-electron chi connectivity index (χ2n) is 10.2. The number of nitrogens with zero attached hydrogens (tertiary/aromatic N) is 7. The molecule has 9 heteroatoms. The van der Waals surface area contributed by atoms with E-state index in [-0.39, 0.29) is 12.1 Å². The van der Waals surface area contributed by atoms with Crippen molar-refractivity contribution in [2.75, 3.05) is 42.5 Å². The Labute approximate surface area is 222 Å². The largest absolute Gasteiger partial charge is 0.393 e. The van der Waals surface area contributed by atoms with Gasteiger partial charge >= 0.3 is 0 Å². The van der Waals surface area contributed by atoms with Crippen LogP contribution in [0.3, 0.4) is 0 Å². The number of carbonyl (C=O) groups excluding carboxylic acids is 1. The predicted molar refractivity (Wildman–Crippen MR) is 148 cm³/mol. The van der Waals surface area contributed by atoms with Crippen molar-refractivity contribution in [1.82, 2.24) is 24.4 Å². The molecule has 1 aromatic carbocycles. The number of benzene rings is 1. The van der Waals surface area contributed by atoms with Crippen molar-refractivity contribution in [3.63, 3.8) is 0 Å². The molecule has 2 unspecified atom stereocenters. The lowest BCUT2D eigenvalue weighted by Crippen LogP contribution is -2.54. The van der Waals surface area contributed by atoms with E-state index in [9.17, 15) is 9.90 Å². The van der Waals surface area contributed by atoms with Gasteiger partial charge in [0.25, 0.3) is 0 Å². The van der Waals surface area contributed by atoms with E-state index in [1.165, 1.54) is 0 Å². The number of piperidine rings is 1. The van der Waals surface area contributed by atoms with Gasteiger partial charge in [-0.15, -0.1) is 0 Å². The van der Waals surface area contributed by atoms with Gasteiger partial charge in [0.15, 0.2) is 6.29 Å². The number of piperazine rings is 1. The monoisotopic (exact) mass is 511 g/mol. The van der Waals surface area contributed by atoms with Gasteiger partial charge in [-0.3, -0.25) is 9.69 Å². The van der Waals surface area contributed by atoms with Gasteiger partial charge in [-0.05, 0) is 44.0 Å². The maximum atomic E-state index is 12.3. The number of hydrogen-bond acceptors (Lipinski definition) is 8. The minimum absolute atomic E-state index is 0.154. The Morgan fingerprint density at radius 3 is 2.50 bits per heavy atom. The SMILES string of the molecule is CC1CN(c2ccccc2-c2cnc(N3CCC(O)CC3)nc2)CCN1C(C=O)n1ccc2cccnc21. The van der Waals surface area contributed by atoms with Crippen LogP contribution >= 0.6 is 0 Å².